The van der Waals surface area contributed by atoms with Crippen molar-refractivity contribution < 1.29 is 9.18 Å². The molecule has 1 aromatic heterocycles. The van der Waals surface area contributed by atoms with Gasteiger partial charge in [0.25, 0.3) is 0 Å². The van der Waals surface area contributed by atoms with Crippen molar-refractivity contribution >= 4 is 28.0 Å². The Hall–Kier alpha value is -1.82. The van der Waals surface area contributed by atoms with E-state index in [2.05, 4.69) is 14.9 Å². The van der Waals surface area contributed by atoms with Gasteiger partial charge >= 0.3 is 0 Å². The molecule has 2 aromatic rings. The van der Waals surface area contributed by atoms with E-state index in [9.17, 15) is 9.18 Å². The number of nitrogens with one attached hydrogen (secondary N) is 1. The SMILES string of the molecule is CC(=O)c1nnsc1Nc1ccc(F)cc1. The normalized spacial score (nSPS) is 10.1. The molecular weight excluding hydrogens is 229 g/mol. The fraction of sp³-hybridized carbons (Fsp3) is 0.100. The minimum absolute atomic E-state index is 0.154. The van der Waals surface area contributed by atoms with Gasteiger partial charge in [-0.3, -0.25) is 4.79 Å². The van der Waals surface area contributed by atoms with E-state index in [-0.39, 0.29) is 11.6 Å². The van der Waals surface area contributed by atoms with Crippen LogP contribution in [-0.4, -0.2) is 15.4 Å². The van der Waals surface area contributed by atoms with E-state index in [0.29, 0.717) is 16.4 Å². The predicted molar refractivity (Wildman–Crippen MR) is 59.6 cm³/mol. The summed E-state index contributed by atoms with van der Waals surface area (Å²) < 4.78 is 16.4. The molecule has 6 heteroatoms. The molecule has 0 saturated heterocycles. The van der Waals surface area contributed by atoms with Gasteiger partial charge in [-0.15, -0.1) is 5.10 Å². The van der Waals surface area contributed by atoms with Crippen LogP contribution in [0.15, 0.2) is 24.3 Å². The van der Waals surface area contributed by atoms with Gasteiger partial charge in [-0.2, -0.15) is 0 Å². The van der Waals surface area contributed by atoms with Gasteiger partial charge in [-0.05, 0) is 24.3 Å². The maximum atomic E-state index is 12.7. The summed E-state index contributed by atoms with van der Waals surface area (Å²) in [6.07, 6.45) is 0. The number of hydrogen-bond donors (Lipinski definition) is 1. The lowest BCUT2D eigenvalue weighted by atomic mass is 10.3. The van der Waals surface area contributed by atoms with E-state index in [1.807, 2.05) is 0 Å². The molecule has 2 rings (SSSR count). The van der Waals surface area contributed by atoms with Crippen LogP contribution in [0.2, 0.25) is 0 Å². The number of benzene rings is 1. The molecule has 1 N–H and O–H groups in total. The van der Waals surface area contributed by atoms with Crippen LogP contribution < -0.4 is 5.32 Å². The number of aromatic nitrogens is 2. The first-order valence-electron chi connectivity index (χ1n) is 4.52. The van der Waals surface area contributed by atoms with Crippen molar-refractivity contribution in [1.29, 1.82) is 0 Å². The van der Waals surface area contributed by atoms with Gasteiger partial charge in [-0.25, -0.2) is 4.39 Å². The molecule has 0 saturated carbocycles. The topological polar surface area (TPSA) is 54.9 Å². The first-order valence-corrected chi connectivity index (χ1v) is 5.30. The van der Waals surface area contributed by atoms with Crippen LogP contribution in [-0.2, 0) is 0 Å². The molecule has 82 valence electrons. The first kappa shape index (κ1) is 10.7. The van der Waals surface area contributed by atoms with Crippen molar-refractivity contribution in [1.82, 2.24) is 9.59 Å². The molecule has 1 aromatic carbocycles. The number of hydrogen-bond acceptors (Lipinski definition) is 5. The lowest BCUT2D eigenvalue weighted by Gasteiger charge is -2.03. The number of ketones is 1. The third-order valence-electron chi connectivity index (χ3n) is 1.92. The summed E-state index contributed by atoms with van der Waals surface area (Å²) in [6, 6.07) is 5.84. The monoisotopic (exact) mass is 237 g/mol. The summed E-state index contributed by atoms with van der Waals surface area (Å²) in [7, 11) is 0. The van der Waals surface area contributed by atoms with E-state index in [1.165, 1.54) is 19.1 Å². The quantitative estimate of drug-likeness (QED) is 0.834. The van der Waals surface area contributed by atoms with E-state index in [1.54, 1.807) is 12.1 Å². The average Bonchev–Trinajstić information content (AvgIpc) is 2.69. The summed E-state index contributed by atoms with van der Waals surface area (Å²) >= 11 is 1.09. The van der Waals surface area contributed by atoms with Gasteiger partial charge in [0.15, 0.2) is 11.5 Å². The van der Waals surface area contributed by atoms with Crippen molar-refractivity contribution in [3.05, 3.63) is 35.8 Å². The van der Waals surface area contributed by atoms with Crippen molar-refractivity contribution in [2.75, 3.05) is 5.32 Å². The number of anilines is 2. The maximum Gasteiger partial charge on any atom is 0.183 e. The number of carbonyl (C=O) groups excluding carboxylic acids is 1. The molecule has 16 heavy (non-hydrogen) atoms. The second-order valence-electron chi connectivity index (χ2n) is 3.14. The van der Waals surface area contributed by atoms with Gasteiger partial charge in [0.1, 0.15) is 10.8 Å². The minimum Gasteiger partial charge on any atom is -0.344 e. The highest BCUT2D eigenvalue weighted by Crippen LogP contribution is 2.23. The third-order valence-corrected chi connectivity index (χ3v) is 2.56. The number of carbonyl (C=O) groups is 1. The number of rotatable bonds is 3. The Morgan fingerprint density at radius 1 is 1.38 bits per heavy atom. The fourth-order valence-electron chi connectivity index (χ4n) is 1.17. The van der Waals surface area contributed by atoms with E-state index < -0.39 is 0 Å². The molecule has 0 aliphatic heterocycles. The van der Waals surface area contributed by atoms with Crippen LogP contribution >= 0.6 is 11.5 Å². The molecule has 0 atom stereocenters. The zero-order valence-electron chi connectivity index (χ0n) is 8.40. The molecule has 0 aliphatic carbocycles. The summed E-state index contributed by atoms with van der Waals surface area (Å²) in [4.78, 5) is 11.2. The maximum absolute atomic E-state index is 12.7. The molecule has 0 aliphatic rings. The van der Waals surface area contributed by atoms with Gasteiger partial charge in [0, 0.05) is 24.1 Å². The van der Waals surface area contributed by atoms with Crippen molar-refractivity contribution in [2.45, 2.75) is 6.92 Å². The molecule has 0 amide bonds. The number of nitrogens with zero attached hydrogens (tertiary/aromatic N) is 2. The second-order valence-corrected chi connectivity index (χ2v) is 3.89. The van der Waals surface area contributed by atoms with Gasteiger partial charge in [0.05, 0.1) is 0 Å². The van der Waals surface area contributed by atoms with E-state index >= 15 is 0 Å². The zero-order valence-corrected chi connectivity index (χ0v) is 9.21. The molecule has 4 nitrogen and oxygen atoms in total. The Morgan fingerprint density at radius 3 is 2.69 bits per heavy atom. The summed E-state index contributed by atoms with van der Waals surface area (Å²) in [5.74, 6) is -0.460. The van der Waals surface area contributed by atoms with Crippen LogP contribution in [0.4, 0.5) is 15.1 Å². The van der Waals surface area contributed by atoms with Gasteiger partial charge in [-0.1, -0.05) is 4.49 Å². The van der Waals surface area contributed by atoms with Crippen molar-refractivity contribution in [3.63, 3.8) is 0 Å². The predicted octanol–water partition coefficient (Wildman–Crippen LogP) is 2.62. The molecular formula is C10H8FN3OS. The Morgan fingerprint density at radius 2 is 2.06 bits per heavy atom. The largest absolute Gasteiger partial charge is 0.344 e. The molecule has 0 spiro atoms. The molecule has 0 fully saturated rings. The average molecular weight is 237 g/mol. The lowest BCUT2D eigenvalue weighted by Crippen LogP contribution is -1.98. The first-order chi connectivity index (χ1) is 7.66. The zero-order chi connectivity index (χ0) is 11.5. The van der Waals surface area contributed by atoms with Crippen LogP contribution in [0.5, 0.6) is 0 Å². The van der Waals surface area contributed by atoms with Crippen LogP contribution in [0.1, 0.15) is 17.4 Å². The smallest absolute Gasteiger partial charge is 0.183 e. The van der Waals surface area contributed by atoms with Gasteiger partial charge < -0.3 is 5.32 Å². The Balaban J connectivity index is 2.23. The Bertz CT molecular complexity index is 509. The van der Waals surface area contributed by atoms with Crippen LogP contribution in [0.25, 0.3) is 0 Å². The van der Waals surface area contributed by atoms with Gasteiger partial charge in [0.2, 0.25) is 0 Å². The highest BCUT2D eigenvalue weighted by atomic mass is 32.1. The highest BCUT2D eigenvalue weighted by molar-refractivity contribution is 7.10. The van der Waals surface area contributed by atoms with Crippen molar-refractivity contribution in [2.24, 2.45) is 0 Å². The summed E-state index contributed by atoms with van der Waals surface area (Å²) in [5, 5.41) is 7.25. The van der Waals surface area contributed by atoms with E-state index in [0.717, 1.165) is 11.5 Å². The summed E-state index contributed by atoms with van der Waals surface area (Å²) in [5.41, 5.74) is 0.990. The summed E-state index contributed by atoms with van der Waals surface area (Å²) in [6.45, 7) is 1.42. The van der Waals surface area contributed by atoms with E-state index in [4.69, 9.17) is 0 Å². The minimum atomic E-state index is -0.306. The second kappa shape index (κ2) is 4.36. The van der Waals surface area contributed by atoms with Crippen molar-refractivity contribution in [3.8, 4) is 0 Å². The molecule has 1 heterocycles. The molecule has 0 unspecified atom stereocenters. The standard InChI is InChI=1S/C10H8FN3OS/c1-6(15)9-10(16-14-13-9)12-8-4-2-7(11)3-5-8/h2-5,12H,1H3. The molecule has 0 radical (unpaired) electrons. The molecule has 0 bridgehead atoms. The third kappa shape index (κ3) is 2.22. The number of Topliss-reactive ketones (excluding diaryl/α,β-unsaturated/α-hetero) is 1. The Kier molecular flexibility index (Phi) is 2.91. The van der Waals surface area contributed by atoms with Crippen LogP contribution in [0.3, 0.4) is 0 Å². The number of halogens is 1. The Labute approximate surface area is 95.3 Å². The fourth-order valence-corrected chi connectivity index (χ4v) is 1.81. The lowest BCUT2D eigenvalue weighted by molar-refractivity contribution is 0.101. The van der Waals surface area contributed by atoms with Crippen LogP contribution in [0, 0.1) is 5.82 Å². The highest BCUT2D eigenvalue weighted by Gasteiger charge is 2.12.